The summed E-state index contributed by atoms with van der Waals surface area (Å²) in [5, 5.41) is 9.18. The van der Waals surface area contributed by atoms with Crippen LogP contribution < -0.4 is 4.90 Å². The van der Waals surface area contributed by atoms with Crippen LogP contribution in [0.4, 0.5) is 5.82 Å². The van der Waals surface area contributed by atoms with Gasteiger partial charge in [0.2, 0.25) is 0 Å². The maximum Gasteiger partial charge on any atom is 0.354 e. The number of carboxylic acids is 1. The molecule has 1 spiro atoms. The van der Waals surface area contributed by atoms with E-state index in [9.17, 15) is 9.90 Å². The average molecular weight is 351 g/mol. The van der Waals surface area contributed by atoms with Crippen LogP contribution in [0.25, 0.3) is 0 Å². The zero-order chi connectivity index (χ0) is 18.0. The van der Waals surface area contributed by atoms with E-state index in [-0.39, 0.29) is 5.69 Å². The van der Waals surface area contributed by atoms with E-state index in [2.05, 4.69) is 45.1 Å². The highest BCUT2D eigenvalue weighted by molar-refractivity contribution is 5.85. The summed E-state index contributed by atoms with van der Waals surface area (Å²) in [5.74, 6) is -0.172. The number of anilines is 1. The summed E-state index contributed by atoms with van der Waals surface area (Å²) in [5.41, 5.74) is 1.79. The fourth-order valence-electron chi connectivity index (χ4n) is 4.47. The van der Waals surface area contributed by atoms with Crippen molar-refractivity contribution in [2.45, 2.75) is 25.8 Å². The molecule has 2 saturated heterocycles. The zero-order valence-corrected chi connectivity index (χ0v) is 15.0. The molecule has 0 saturated carbocycles. The first-order chi connectivity index (χ1) is 12.6. The SMILES string of the molecule is O=C(O)c1cccc(N2CCC3(CCCN(Cc4ccccc4)C3)C2)n1. The smallest absolute Gasteiger partial charge is 0.354 e. The van der Waals surface area contributed by atoms with Gasteiger partial charge in [0, 0.05) is 31.6 Å². The second kappa shape index (κ2) is 7.08. The van der Waals surface area contributed by atoms with Crippen molar-refractivity contribution in [2.24, 2.45) is 5.41 Å². The van der Waals surface area contributed by atoms with Gasteiger partial charge >= 0.3 is 5.97 Å². The largest absolute Gasteiger partial charge is 0.477 e. The highest BCUT2D eigenvalue weighted by Gasteiger charge is 2.41. The van der Waals surface area contributed by atoms with Gasteiger partial charge < -0.3 is 10.0 Å². The number of hydrogen-bond donors (Lipinski definition) is 1. The number of aromatic nitrogens is 1. The van der Waals surface area contributed by atoms with Crippen LogP contribution in [0, 0.1) is 5.41 Å². The van der Waals surface area contributed by atoms with Gasteiger partial charge in [0.25, 0.3) is 0 Å². The highest BCUT2D eigenvalue weighted by atomic mass is 16.4. The first-order valence-electron chi connectivity index (χ1n) is 9.35. The van der Waals surface area contributed by atoms with Crippen molar-refractivity contribution in [3.05, 3.63) is 59.8 Å². The first-order valence-corrected chi connectivity index (χ1v) is 9.35. The number of rotatable bonds is 4. The molecule has 5 nitrogen and oxygen atoms in total. The lowest BCUT2D eigenvalue weighted by molar-refractivity contribution is 0.0690. The van der Waals surface area contributed by atoms with E-state index in [1.54, 1.807) is 12.1 Å². The van der Waals surface area contributed by atoms with E-state index in [0.29, 0.717) is 5.41 Å². The van der Waals surface area contributed by atoms with Gasteiger partial charge in [-0.05, 0) is 43.5 Å². The number of aromatic carboxylic acids is 1. The molecule has 0 amide bonds. The first kappa shape index (κ1) is 17.0. The Hall–Kier alpha value is -2.40. The maximum atomic E-state index is 11.2. The average Bonchev–Trinajstić information content (AvgIpc) is 3.06. The number of benzene rings is 1. The van der Waals surface area contributed by atoms with Gasteiger partial charge in [0.15, 0.2) is 5.69 Å². The molecule has 1 N–H and O–H groups in total. The standard InChI is InChI=1S/C21H25N3O2/c25-20(26)18-8-4-9-19(22-18)24-13-11-21(16-24)10-5-12-23(15-21)14-17-6-2-1-3-7-17/h1-4,6-9H,5,10-16H2,(H,25,26). The van der Waals surface area contributed by atoms with E-state index in [4.69, 9.17) is 0 Å². The topological polar surface area (TPSA) is 56.7 Å². The zero-order valence-electron chi connectivity index (χ0n) is 15.0. The molecule has 136 valence electrons. The van der Waals surface area contributed by atoms with Crippen molar-refractivity contribution in [1.82, 2.24) is 9.88 Å². The maximum absolute atomic E-state index is 11.2. The van der Waals surface area contributed by atoms with Gasteiger partial charge in [-0.2, -0.15) is 0 Å². The quantitative estimate of drug-likeness (QED) is 0.916. The Morgan fingerprint density at radius 1 is 1.04 bits per heavy atom. The number of hydrogen-bond acceptors (Lipinski definition) is 4. The van der Waals surface area contributed by atoms with E-state index in [1.807, 2.05) is 6.07 Å². The number of piperidine rings is 1. The van der Waals surface area contributed by atoms with Crippen LogP contribution in [-0.2, 0) is 6.54 Å². The van der Waals surface area contributed by atoms with E-state index >= 15 is 0 Å². The summed E-state index contributed by atoms with van der Waals surface area (Å²) >= 11 is 0. The minimum atomic E-state index is -0.965. The molecule has 0 aliphatic carbocycles. The lowest BCUT2D eigenvalue weighted by Crippen LogP contribution is -2.44. The number of carbonyl (C=O) groups is 1. The van der Waals surface area contributed by atoms with Crippen molar-refractivity contribution in [2.75, 3.05) is 31.1 Å². The van der Waals surface area contributed by atoms with Crippen molar-refractivity contribution in [1.29, 1.82) is 0 Å². The second-order valence-corrected chi connectivity index (χ2v) is 7.66. The predicted molar refractivity (Wildman–Crippen MR) is 101 cm³/mol. The van der Waals surface area contributed by atoms with E-state index < -0.39 is 5.97 Å². The fourth-order valence-corrected chi connectivity index (χ4v) is 4.47. The van der Waals surface area contributed by atoms with Gasteiger partial charge in [-0.1, -0.05) is 36.4 Å². The Labute approximate surface area is 154 Å². The molecule has 3 heterocycles. The van der Waals surface area contributed by atoms with Gasteiger partial charge in [-0.15, -0.1) is 0 Å². The fraction of sp³-hybridized carbons (Fsp3) is 0.429. The molecule has 1 atom stereocenters. The number of pyridine rings is 1. The van der Waals surface area contributed by atoms with Crippen LogP contribution in [0.1, 0.15) is 35.3 Å². The van der Waals surface area contributed by atoms with Crippen molar-refractivity contribution < 1.29 is 9.90 Å². The molecule has 2 fully saturated rings. The molecule has 5 heteroatoms. The summed E-state index contributed by atoms with van der Waals surface area (Å²) in [6.45, 7) is 5.19. The molecule has 2 aliphatic heterocycles. The number of carboxylic acid groups (broad SMARTS) is 1. The highest BCUT2D eigenvalue weighted by Crippen LogP contribution is 2.40. The van der Waals surface area contributed by atoms with E-state index in [1.165, 1.54) is 18.4 Å². The third-order valence-corrected chi connectivity index (χ3v) is 5.71. The van der Waals surface area contributed by atoms with Crippen LogP contribution in [-0.4, -0.2) is 47.1 Å². The Kier molecular flexibility index (Phi) is 4.64. The molecule has 2 aromatic rings. The Balaban J connectivity index is 1.45. The summed E-state index contributed by atoms with van der Waals surface area (Å²) in [7, 11) is 0. The third kappa shape index (κ3) is 3.58. The molecule has 4 rings (SSSR count). The van der Waals surface area contributed by atoms with Crippen molar-refractivity contribution >= 4 is 11.8 Å². The van der Waals surface area contributed by atoms with Gasteiger partial charge in [0.1, 0.15) is 5.82 Å². The minimum absolute atomic E-state index is 0.123. The molecule has 1 unspecified atom stereocenters. The Morgan fingerprint density at radius 2 is 1.88 bits per heavy atom. The predicted octanol–water partition coefficient (Wildman–Crippen LogP) is 3.27. The van der Waals surface area contributed by atoms with Crippen molar-refractivity contribution in [3.63, 3.8) is 0 Å². The van der Waals surface area contributed by atoms with Gasteiger partial charge in [-0.25, -0.2) is 9.78 Å². The monoisotopic (exact) mass is 351 g/mol. The lowest BCUT2D eigenvalue weighted by atomic mass is 9.79. The summed E-state index contributed by atoms with van der Waals surface area (Å²) in [4.78, 5) is 20.4. The van der Waals surface area contributed by atoms with Gasteiger partial charge in [-0.3, -0.25) is 4.90 Å². The Morgan fingerprint density at radius 3 is 2.69 bits per heavy atom. The summed E-state index contributed by atoms with van der Waals surface area (Å²) < 4.78 is 0. The molecule has 1 aromatic heterocycles. The van der Waals surface area contributed by atoms with Crippen LogP contribution in [0.2, 0.25) is 0 Å². The van der Waals surface area contributed by atoms with E-state index in [0.717, 1.165) is 45.0 Å². The minimum Gasteiger partial charge on any atom is -0.477 e. The molecular formula is C21H25N3O2. The lowest BCUT2D eigenvalue weighted by Gasteiger charge is -2.40. The summed E-state index contributed by atoms with van der Waals surface area (Å²) in [6.07, 6.45) is 3.62. The molecule has 2 aliphatic rings. The molecule has 1 aromatic carbocycles. The normalized spacial score (nSPS) is 23.5. The molecular weight excluding hydrogens is 326 g/mol. The van der Waals surface area contributed by atoms with Gasteiger partial charge in [0.05, 0.1) is 0 Å². The molecule has 0 bridgehead atoms. The summed E-state index contributed by atoms with van der Waals surface area (Å²) in [6, 6.07) is 15.9. The van der Waals surface area contributed by atoms with Crippen LogP contribution in [0.5, 0.6) is 0 Å². The number of likely N-dealkylation sites (tertiary alicyclic amines) is 1. The third-order valence-electron chi connectivity index (χ3n) is 5.71. The Bertz CT molecular complexity index is 780. The van der Waals surface area contributed by atoms with Crippen molar-refractivity contribution in [3.8, 4) is 0 Å². The number of nitrogens with zero attached hydrogens (tertiary/aromatic N) is 3. The molecule has 0 radical (unpaired) electrons. The van der Waals surface area contributed by atoms with Crippen LogP contribution >= 0.6 is 0 Å². The van der Waals surface area contributed by atoms with Crippen LogP contribution in [0.15, 0.2) is 48.5 Å². The second-order valence-electron chi connectivity index (χ2n) is 7.66. The molecule has 26 heavy (non-hydrogen) atoms. The van der Waals surface area contributed by atoms with Crippen LogP contribution in [0.3, 0.4) is 0 Å².